The van der Waals surface area contributed by atoms with Crippen molar-refractivity contribution in [2.45, 2.75) is 58.5 Å². The molecule has 0 unspecified atom stereocenters. The number of aryl methyl sites for hydroxylation is 1. The normalized spacial score (nSPS) is 20.8. The van der Waals surface area contributed by atoms with Gasteiger partial charge in [-0.2, -0.15) is 0 Å². The van der Waals surface area contributed by atoms with E-state index in [1.54, 1.807) is 0 Å². The molecule has 1 amide bonds. The van der Waals surface area contributed by atoms with Crippen LogP contribution in [0, 0.1) is 0 Å². The van der Waals surface area contributed by atoms with Crippen LogP contribution in [0.3, 0.4) is 0 Å². The Bertz CT molecular complexity index is 909. The molecule has 7 heteroatoms. The van der Waals surface area contributed by atoms with Crippen LogP contribution in [0.25, 0.3) is 11.0 Å². The molecule has 2 aromatic rings. The fourth-order valence-electron chi connectivity index (χ4n) is 4.58. The lowest BCUT2D eigenvalue weighted by molar-refractivity contribution is 0.0363. The van der Waals surface area contributed by atoms with Crippen molar-refractivity contribution in [2.24, 2.45) is 0 Å². The first kappa shape index (κ1) is 20.2. The van der Waals surface area contributed by atoms with E-state index in [9.17, 15) is 9.90 Å². The van der Waals surface area contributed by atoms with Crippen molar-refractivity contribution in [1.29, 1.82) is 0 Å². The minimum atomic E-state index is -0.888. The number of anilines is 1. The third kappa shape index (κ3) is 3.73. The molecule has 1 atom stereocenters. The van der Waals surface area contributed by atoms with E-state index in [1.807, 2.05) is 13.0 Å². The maximum atomic E-state index is 11.9. The van der Waals surface area contributed by atoms with Gasteiger partial charge >= 0.3 is 6.09 Å². The highest BCUT2D eigenvalue weighted by Gasteiger charge is 2.32. The first-order valence-corrected chi connectivity index (χ1v) is 10.6. The summed E-state index contributed by atoms with van der Waals surface area (Å²) in [4.78, 5) is 20.9. The number of imidazole rings is 1. The van der Waals surface area contributed by atoms with E-state index in [0.29, 0.717) is 0 Å². The second kappa shape index (κ2) is 7.61. The fourth-order valence-corrected chi connectivity index (χ4v) is 4.58. The zero-order valence-electron chi connectivity index (χ0n) is 17.9. The molecule has 2 aliphatic rings. The lowest BCUT2D eigenvalue weighted by Gasteiger charge is -2.33. The van der Waals surface area contributed by atoms with Crippen molar-refractivity contribution in [3.8, 4) is 0 Å². The van der Waals surface area contributed by atoms with E-state index in [2.05, 4.69) is 36.3 Å². The maximum Gasteiger partial charge on any atom is 0.412 e. The topological polar surface area (TPSA) is 70.8 Å². The molecule has 1 aromatic heterocycles. The number of ether oxygens (including phenoxy) is 1. The van der Waals surface area contributed by atoms with Gasteiger partial charge in [0.05, 0.1) is 29.9 Å². The highest BCUT2D eigenvalue weighted by atomic mass is 16.5. The molecule has 7 nitrogen and oxygen atoms in total. The number of benzene rings is 1. The fraction of sp³-hybridized carbons (Fsp3) is 0.636. The highest BCUT2D eigenvalue weighted by molar-refractivity contribution is 5.94. The molecule has 1 N–H and O–H groups in total. The van der Waals surface area contributed by atoms with Crippen LogP contribution >= 0.6 is 0 Å². The quantitative estimate of drug-likeness (QED) is 0.854. The molecule has 0 bridgehead atoms. The molecule has 0 aliphatic carbocycles. The number of nitrogens with zero attached hydrogens (tertiary/aromatic N) is 4. The zero-order valence-corrected chi connectivity index (χ0v) is 17.9. The van der Waals surface area contributed by atoms with Gasteiger partial charge < -0.3 is 14.4 Å². The van der Waals surface area contributed by atoms with Gasteiger partial charge in [-0.3, -0.25) is 9.80 Å². The largest absolute Gasteiger partial charge is 0.465 e. The first-order chi connectivity index (χ1) is 13.8. The van der Waals surface area contributed by atoms with Crippen molar-refractivity contribution < 1.29 is 14.6 Å². The molecule has 29 heavy (non-hydrogen) atoms. The van der Waals surface area contributed by atoms with E-state index in [-0.39, 0.29) is 11.5 Å². The van der Waals surface area contributed by atoms with Gasteiger partial charge in [0.2, 0.25) is 0 Å². The van der Waals surface area contributed by atoms with Gasteiger partial charge in [0.15, 0.2) is 0 Å². The van der Waals surface area contributed by atoms with Gasteiger partial charge in [-0.25, -0.2) is 9.78 Å². The van der Waals surface area contributed by atoms with Crippen molar-refractivity contribution in [2.75, 3.05) is 37.7 Å². The predicted molar refractivity (Wildman–Crippen MR) is 114 cm³/mol. The van der Waals surface area contributed by atoms with Crippen LogP contribution in [0.1, 0.15) is 45.5 Å². The van der Waals surface area contributed by atoms with Crippen LogP contribution < -0.4 is 4.90 Å². The van der Waals surface area contributed by atoms with Crippen molar-refractivity contribution >= 4 is 22.8 Å². The summed E-state index contributed by atoms with van der Waals surface area (Å²) >= 11 is 0. The summed E-state index contributed by atoms with van der Waals surface area (Å²) in [5, 5.41) is 9.73. The Morgan fingerprint density at radius 1 is 1.24 bits per heavy atom. The summed E-state index contributed by atoms with van der Waals surface area (Å²) in [7, 11) is 0. The monoisotopic (exact) mass is 400 g/mol. The number of aromatic nitrogens is 2. The van der Waals surface area contributed by atoms with E-state index < -0.39 is 6.09 Å². The van der Waals surface area contributed by atoms with Gasteiger partial charge in [-0.1, -0.05) is 20.8 Å². The van der Waals surface area contributed by atoms with Crippen molar-refractivity contribution in [3.05, 3.63) is 23.5 Å². The molecule has 2 aliphatic heterocycles. The number of fused-ring (bicyclic) bond motifs is 3. The summed E-state index contributed by atoms with van der Waals surface area (Å²) in [6, 6.07) is 4.02. The Hall–Kier alpha value is -2.12. The Kier molecular flexibility index (Phi) is 5.29. The van der Waals surface area contributed by atoms with E-state index in [4.69, 9.17) is 9.72 Å². The number of hydrogen-bond donors (Lipinski definition) is 1. The summed E-state index contributed by atoms with van der Waals surface area (Å²) in [5.41, 5.74) is 3.85. The Labute approximate surface area is 172 Å². The van der Waals surface area contributed by atoms with Crippen LogP contribution in [-0.4, -0.2) is 64.5 Å². The Balaban J connectivity index is 1.77. The predicted octanol–water partition coefficient (Wildman–Crippen LogP) is 3.49. The van der Waals surface area contributed by atoms with Crippen LogP contribution in [0.4, 0.5) is 10.5 Å². The molecule has 0 spiro atoms. The zero-order chi connectivity index (χ0) is 20.8. The highest BCUT2D eigenvalue weighted by Crippen LogP contribution is 2.37. The van der Waals surface area contributed by atoms with Gasteiger partial charge in [0.25, 0.3) is 0 Å². The second-order valence-corrected chi connectivity index (χ2v) is 9.26. The molecule has 1 saturated heterocycles. The minimum Gasteiger partial charge on any atom is -0.465 e. The molecule has 1 aromatic carbocycles. The smallest absolute Gasteiger partial charge is 0.412 e. The number of rotatable bonds is 3. The molecule has 1 fully saturated rings. The first-order valence-electron chi connectivity index (χ1n) is 10.6. The van der Waals surface area contributed by atoms with Crippen LogP contribution in [0.15, 0.2) is 12.1 Å². The molecule has 3 heterocycles. The van der Waals surface area contributed by atoms with Crippen LogP contribution in [0.2, 0.25) is 0 Å². The van der Waals surface area contributed by atoms with Gasteiger partial charge in [-0.15, -0.1) is 0 Å². The van der Waals surface area contributed by atoms with E-state index >= 15 is 0 Å². The Morgan fingerprint density at radius 2 is 1.97 bits per heavy atom. The number of carboxylic acid groups (broad SMARTS) is 1. The number of amides is 1. The lowest BCUT2D eigenvalue weighted by Crippen LogP contribution is -2.41. The lowest BCUT2D eigenvalue weighted by atomic mass is 9.95. The van der Waals surface area contributed by atoms with Gasteiger partial charge in [0.1, 0.15) is 5.82 Å². The second-order valence-electron chi connectivity index (χ2n) is 9.26. The molecule has 0 radical (unpaired) electrons. The van der Waals surface area contributed by atoms with Crippen LogP contribution in [-0.2, 0) is 23.1 Å². The minimum absolute atomic E-state index is 0.0112. The molecular weight excluding hydrogens is 368 g/mol. The summed E-state index contributed by atoms with van der Waals surface area (Å²) < 4.78 is 7.81. The summed E-state index contributed by atoms with van der Waals surface area (Å²) in [6.07, 6.45) is 0.798. The molecule has 4 rings (SSSR count). The van der Waals surface area contributed by atoms with Gasteiger partial charge in [0, 0.05) is 43.2 Å². The third-order valence-corrected chi connectivity index (χ3v) is 6.13. The number of carbonyl (C=O) groups is 1. The molecular formula is C22H32N4O3. The third-order valence-electron chi connectivity index (χ3n) is 6.13. The SMILES string of the molecule is C[C@H]1CCc2c(ccc3c2nc(C(C)(C)C)n3CCN2CCOCC2)N1C(=O)O. The average Bonchev–Trinajstić information content (AvgIpc) is 3.06. The van der Waals surface area contributed by atoms with Crippen molar-refractivity contribution in [1.82, 2.24) is 14.5 Å². The maximum absolute atomic E-state index is 11.9. The number of morpholine rings is 1. The number of hydrogen-bond acceptors (Lipinski definition) is 4. The molecule has 0 saturated carbocycles. The van der Waals surface area contributed by atoms with E-state index in [0.717, 1.165) is 80.3 Å². The summed E-state index contributed by atoms with van der Waals surface area (Å²) in [6.45, 7) is 13.9. The van der Waals surface area contributed by atoms with Crippen molar-refractivity contribution in [3.63, 3.8) is 0 Å². The summed E-state index contributed by atoms with van der Waals surface area (Å²) in [5.74, 6) is 1.06. The van der Waals surface area contributed by atoms with Crippen LogP contribution in [0.5, 0.6) is 0 Å². The standard InChI is InChI=1S/C22H32N4O3/c1-15-5-6-16-17(26(15)21(27)28)7-8-18-19(16)23-20(22(2,3)4)25(18)10-9-24-11-13-29-14-12-24/h7-8,15H,5-6,9-14H2,1-4H3,(H,27,28)/t15-/m0/s1. The van der Waals surface area contributed by atoms with E-state index in [1.165, 1.54) is 4.90 Å². The molecule has 158 valence electrons. The Morgan fingerprint density at radius 3 is 2.62 bits per heavy atom. The average molecular weight is 401 g/mol. The van der Waals surface area contributed by atoms with Gasteiger partial charge in [-0.05, 0) is 31.9 Å².